The first-order valence-corrected chi connectivity index (χ1v) is 12.4. The third-order valence-corrected chi connectivity index (χ3v) is 7.56. The van der Waals surface area contributed by atoms with Crippen LogP contribution in [0, 0.1) is 17.7 Å². The Morgan fingerprint density at radius 3 is 2.80 bits per heavy atom. The predicted molar refractivity (Wildman–Crippen MR) is 130 cm³/mol. The highest BCUT2D eigenvalue weighted by Gasteiger charge is 2.52. The summed E-state index contributed by atoms with van der Waals surface area (Å²) in [7, 11) is 1.61. The zero-order chi connectivity index (χ0) is 25.5. The SMILES string of the molecule is CC[C@@]1(C)CC(=O)N([C@H](CCOC)[C@H]2C[C@@H]2C(=O)N[C@H]2CC(C)(C)Oc3ccc(F)cc32)C(N)=N1. The molecule has 0 spiro atoms. The zero-order valence-corrected chi connectivity index (χ0v) is 21.3. The minimum atomic E-state index is -0.498. The number of rotatable bonds is 8. The van der Waals surface area contributed by atoms with Crippen LogP contribution in [-0.2, 0) is 14.3 Å². The van der Waals surface area contributed by atoms with Gasteiger partial charge in [-0.05, 0) is 64.2 Å². The molecule has 0 saturated heterocycles. The minimum Gasteiger partial charge on any atom is -0.487 e. The van der Waals surface area contributed by atoms with Crippen molar-refractivity contribution in [2.75, 3.05) is 13.7 Å². The van der Waals surface area contributed by atoms with Gasteiger partial charge < -0.3 is 20.5 Å². The summed E-state index contributed by atoms with van der Waals surface area (Å²) in [5.74, 6) is -0.0481. The molecule has 5 atom stereocenters. The molecule has 0 unspecified atom stereocenters. The van der Waals surface area contributed by atoms with Crippen molar-refractivity contribution in [3.8, 4) is 5.75 Å². The highest BCUT2D eigenvalue weighted by Crippen LogP contribution is 2.47. The molecule has 3 aliphatic rings. The van der Waals surface area contributed by atoms with Crippen LogP contribution in [0.5, 0.6) is 5.75 Å². The molecule has 1 aromatic carbocycles. The van der Waals surface area contributed by atoms with Crippen LogP contribution in [0.4, 0.5) is 4.39 Å². The quantitative estimate of drug-likeness (QED) is 0.584. The maximum Gasteiger partial charge on any atom is 0.231 e. The first-order chi connectivity index (χ1) is 16.5. The average molecular weight is 489 g/mol. The molecule has 1 saturated carbocycles. The van der Waals surface area contributed by atoms with E-state index in [1.54, 1.807) is 18.1 Å². The van der Waals surface area contributed by atoms with Gasteiger partial charge in [0.15, 0.2) is 5.96 Å². The topological polar surface area (TPSA) is 106 Å². The average Bonchev–Trinajstić information content (AvgIpc) is 3.56. The predicted octanol–water partition coefficient (Wildman–Crippen LogP) is 3.30. The van der Waals surface area contributed by atoms with Crippen LogP contribution in [0.25, 0.3) is 0 Å². The van der Waals surface area contributed by atoms with Crippen LogP contribution >= 0.6 is 0 Å². The summed E-state index contributed by atoms with van der Waals surface area (Å²) in [6.07, 6.45) is 2.74. The molecule has 1 fully saturated rings. The Labute approximate surface area is 206 Å². The molecule has 9 heteroatoms. The summed E-state index contributed by atoms with van der Waals surface area (Å²) < 4.78 is 25.3. The Bertz CT molecular complexity index is 1030. The summed E-state index contributed by atoms with van der Waals surface area (Å²) in [5.41, 5.74) is 5.94. The number of hydrogen-bond acceptors (Lipinski definition) is 6. The van der Waals surface area contributed by atoms with Crippen molar-refractivity contribution in [2.24, 2.45) is 22.6 Å². The van der Waals surface area contributed by atoms with E-state index in [1.165, 1.54) is 12.1 Å². The number of guanidine groups is 1. The first kappa shape index (κ1) is 25.4. The number of nitrogens with two attached hydrogens (primary N) is 1. The number of hydrogen-bond donors (Lipinski definition) is 2. The van der Waals surface area contributed by atoms with Crippen molar-refractivity contribution < 1.29 is 23.5 Å². The number of ether oxygens (including phenoxy) is 2. The minimum absolute atomic E-state index is 0.0475. The maximum atomic E-state index is 14.0. The van der Waals surface area contributed by atoms with Crippen molar-refractivity contribution in [1.29, 1.82) is 0 Å². The molecule has 2 amide bonds. The van der Waals surface area contributed by atoms with E-state index in [0.29, 0.717) is 43.6 Å². The van der Waals surface area contributed by atoms with Gasteiger partial charge in [-0.25, -0.2) is 9.38 Å². The number of nitrogens with one attached hydrogen (secondary N) is 1. The van der Waals surface area contributed by atoms with Gasteiger partial charge in [0, 0.05) is 37.7 Å². The lowest BCUT2D eigenvalue weighted by atomic mass is 9.89. The molecule has 1 aliphatic carbocycles. The smallest absolute Gasteiger partial charge is 0.231 e. The second-order valence-corrected chi connectivity index (χ2v) is 10.9. The third kappa shape index (κ3) is 5.29. The summed E-state index contributed by atoms with van der Waals surface area (Å²) in [4.78, 5) is 32.7. The summed E-state index contributed by atoms with van der Waals surface area (Å²) in [6, 6.07) is 3.78. The summed E-state index contributed by atoms with van der Waals surface area (Å²) in [6.45, 7) is 8.27. The van der Waals surface area contributed by atoms with Crippen LogP contribution in [0.1, 0.15) is 71.4 Å². The van der Waals surface area contributed by atoms with Gasteiger partial charge in [-0.1, -0.05) is 6.92 Å². The molecule has 192 valence electrons. The van der Waals surface area contributed by atoms with Crippen LogP contribution in [0.3, 0.4) is 0 Å². The van der Waals surface area contributed by atoms with Crippen molar-refractivity contribution in [3.63, 3.8) is 0 Å². The van der Waals surface area contributed by atoms with Crippen LogP contribution in [-0.4, -0.2) is 53.6 Å². The lowest BCUT2D eigenvalue weighted by molar-refractivity contribution is -0.132. The number of methoxy groups -OCH3 is 1. The number of halogens is 1. The van der Waals surface area contributed by atoms with Crippen molar-refractivity contribution in [2.45, 2.75) is 83.0 Å². The number of carbonyl (C=O) groups excluding carboxylic acids is 2. The van der Waals surface area contributed by atoms with Gasteiger partial charge >= 0.3 is 0 Å². The largest absolute Gasteiger partial charge is 0.487 e. The second kappa shape index (κ2) is 9.41. The summed E-state index contributed by atoms with van der Waals surface area (Å²) >= 11 is 0. The Morgan fingerprint density at radius 2 is 2.14 bits per heavy atom. The number of amides is 2. The van der Waals surface area contributed by atoms with Gasteiger partial charge in [-0.3, -0.25) is 14.5 Å². The van der Waals surface area contributed by atoms with Crippen LogP contribution < -0.4 is 15.8 Å². The van der Waals surface area contributed by atoms with Gasteiger partial charge in [0.2, 0.25) is 11.8 Å². The van der Waals surface area contributed by atoms with Crippen molar-refractivity contribution >= 4 is 17.8 Å². The van der Waals surface area contributed by atoms with E-state index >= 15 is 0 Å². The van der Waals surface area contributed by atoms with Crippen LogP contribution in [0.15, 0.2) is 23.2 Å². The first-order valence-electron chi connectivity index (χ1n) is 12.4. The molecule has 1 aromatic rings. The van der Waals surface area contributed by atoms with E-state index in [1.807, 2.05) is 27.7 Å². The Balaban J connectivity index is 1.51. The number of carbonyl (C=O) groups is 2. The molecule has 4 rings (SSSR count). The molecular formula is C26H37FN4O4. The molecule has 3 N–H and O–H groups in total. The fourth-order valence-corrected chi connectivity index (χ4v) is 5.42. The molecule has 0 aromatic heterocycles. The van der Waals surface area contributed by atoms with E-state index in [-0.39, 0.29) is 53.9 Å². The molecule has 2 heterocycles. The molecule has 0 radical (unpaired) electrons. The van der Waals surface area contributed by atoms with Crippen molar-refractivity contribution in [3.05, 3.63) is 29.6 Å². The number of aliphatic imine (C=N–C) groups is 1. The summed E-state index contributed by atoms with van der Waals surface area (Å²) in [5, 5.41) is 3.13. The molecular weight excluding hydrogens is 451 g/mol. The van der Waals surface area contributed by atoms with Gasteiger partial charge in [0.1, 0.15) is 17.2 Å². The number of nitrogens with zero attached hydrogens (tertiary/aromatic N) is 2. The fraction of sp³-hybridized carbons (Fsp3) is 0.654. The third-order valence-electron chi connectivity index (χ3n) is 7.56. The highest BCUT2D eigenvalue weighted by molar-refractivity contribution is 5.99. The van der Waals surface area contributed by atoms with E-state index in [0.717, 1.165) is 0 Å². The normalized spacial score (nSPS) is 30.1. The van der Waals surface area contributed by atoms with Gasteiger partial charge in [-0.15, -0.1) is 0 Å². The van der Waals surface area contributed by atoms with Crippen molar-refractivity contribution in [1.82, 2.24) is 10.2 Å². The van der Waals surface area contributed by atoms with Gasteiger partial charge in [0.05, 0.1) is 18.0 Å². The van der Waals surface area contributed by atoms with Crippen LogP contribution in [0.2, 0.25) is 0 Å². The highest BCUT2D eigenvalue weighted by atomic mass is 19.1. The lowest BCUT2D eigenvalue weighted by Crippen LogP contribution is -2.56. The van der Waals surface area contributed by atoms with E-state index in [4.69, 9.17) is 15.2 Å². The van der Waals surface area contributed by atoms with E-state index in [9.17, 15) is 14.0 Å². The monoisotopic (exact) mass is 488 g/mol. The Kier molecular flexibility index (Phi) is 6.83. The standard InChI is InChI=1S/C26H37FN4O4/c1-6-26(4)14-22(32)31(24(28)30-26)20(9-10-34-5)16-12-17(16)23(33)29-19-13-25(2,3)35-21-8-7-15(27)11-18(19)21/h7-8,11,16-17,19-20H,6,9-10,12-14H2,1-5H3,(H2,28,30)(H,29,33)/t16-,17-,19-,20+,26-/m0/s1. The number of fused-ring (bicyclic) bond motifs is 1. The second-order valence-electron chi connectivity index (χ2n) is 10.9. The Morgan fingerprint density at radius 1 is 1.40 bits per heavy atom. The van der Waals surface area contributed by atoms with Gasteiger partial charge in [-0.2, -0.15) is 0 Å². The maximum absolute atomic E-state index is 14.0. The van der Waals surface area contributed by atoms with E-state index in [2.05, 4.69) is 10.3 Å². The lowest BCUT2D eigenvalue weighted by Gasteiger charge is -2.39. The van der Waals surface area contributed by atoms with Gasteiger partial charge in [0.25, 0.3) is 0 Å². The zero-order valence-electron chi connectivity index (χ0n) is 21.3. The Hall–Kier alpha value is -2.68. The fourth-order valence-electron chi connectivity index (χ4n) is 5.42. The molecule has 2 aliphatic heterocycles. The molecule has 0 bridgehead atoms. The van der Waals surface area contributed by atoms with E-state index < -0.39 is 11.1 Å². The number of benzene rings is 1. The molecule has 35 heavy (non-hydrogen) atoms. The molecule has 8 nitrogen and oxygen atoms in total.